The van der Waals surface area contributed by atoms with Gasteiger partial charge < -0.3 is 0 Å². The van der Waals surface area contributed by atoms with Crippen molar-refractivity contribution < 1.29 is 8.78 Å². The first kappa shape index (κ1) is 7.85. The van der Waals surface area contributed by atoms with Gasteiger partial charge in [0.15, 0.2) is 0 Å². The number of hydrogen-bond acceptors (Lipinski definition) is 1. The summed E-state index contributed by atoms with van der Waals surface area (Å²) in [6, 6.07) is 3.37. The summed E-state index contributed by atoms with van der Waals surface area (Å²) < 4.78 is 25.0. The van der Waals surface area contributed by atoms with E-state index in [-0.39, 0.29) is 0 Å². The molecule has 0 unspecified atom stereocenters. The van der Waals surface area contributed by atoms with Gasteiger partial charge >= 0.3 is 0 Å². The standard InChI is InChI=1S/C8H7F2N/c1-11-5-6-2-3-7(9)4-8(6)10/h2-5H,1H3. The number of nitrogens with zero attached hydrogens (tertiary/aromatic N) is 1. The molecule has 0 saturated carbocycles. The highest BCUT2D eigenvalue weighted by molar-refractivity contribution is 5.79. The van der Waals surface area contributed by atoms with Crippen molar-refractivity contribution in [1.82, 2.24) is 0 Å². The SMILES string of the molecule is CN=Cc1ccc(F)cc1F. The predicted molar refractivity (Wildman–Crippen MR) is 39.9 cm³/mol. The highest BCUT2D eigenvalue weighted by Gasteiger charge is 1.99. The van der Waals surface area contributed by atoms with E-state index >= 15 is 0 Å². The Bertz CT molecular complexity index is 281. The smallest absolute Gasteiger partial charge is 0.134 e. The Balaban J connectivity index is 3.09. The molecule has 1 aromatic rings. The van der Waals surface area contributed by atoms with E-state index in [1.54, 1.807) is 0 Å². The molecular weight excluding hydrogens is 148 g/mol. The lowest BCUT2D eigenvalue weighted by Crippen LogP contribution is -1.88. The Kier molecular flexibility index (Phi) is 2.31. The van der Waals surface area contributed by atoms with Gasteiger partial charge in [-0.3, -0.25) is 4.99 Å². The molecule has 0 heterocycles. The summed E-state index contributed by atoms with van der Waals surface area (Å²) in [5.41, 5.74) is 0.300. The van der Waals surface area contributed by atoms with Gasteiger partial charge in [0, 0.05) is 24.9 Å². The molecule has 0 N–H and O–H groups in total. The molecule has 58 valence electrons. The summed E-state index contributed by atoms with van der Waals surface area (Å²) in [4.78, 5) is 3.61. The predicted octanol–water partition coefficient (Wildman–Crippen LogP) is 2.01. The molecule has 0 aliphatic rings. The maximum atomic E-state index is 12.7. The van der Waals surface area contributed by atoms with E-state index < -0.39 is 11.6 Å². The van der Waals surface area contributed by atoms with Crippen LogP contribution in [0.3, 0.4) is 0 Å². The van der Waals surface area contributed by atoms with E-state index in [1.165, 1.54) is 25.4 Å². The van der Waals surface area contributed by atoms with Crippen molar-refractivity contribution >= 4 is 6.21 Å². The fourth-order valence-corrected chi connectivity index (χ4v) is 0.745. The molecule has 11 heavy (non-hydrogen) atoms. The van der Waals surface area contributed by atoms with Crippen molar-refractivity contribution in [2.24, 2.45) is 4.99 Å². The van der Waals surface area contributed by atoms with Crippen molar-refractivity contribution in [2.45, 2.75) is 0 Å². The van der Waals surface area contributed by atoms with Crippen LogP contribution in [0.1, 0.15) is 5.56 Å². The average Bonchev–Trinajstić information content (AvgIpc) is 1.95. The van der Waals surface area contributed by atoms with Crippen LogP contribution in [0.5, 0.6) is 0 Å². The normalized spacial score (nSPS) is 10.8. The Morgan fingerprint density at radius 3 is 2.64 bits per heavy atom. The lowest BCUT2D eigenvalue weighted by Gasteiger charge is -1.94. The van der Waals surface area contributed by atoms with Gasteiger partial charge in [-0.25, -0.2) is 8.78 Å². The fourth-order valence-electron chi connectivity index (χ4n) is 0.745. The molecule has 0 aromatic heterocycles. The van der Waals surface area contributed by atoms with Gasteiger partial charge in [-0.1, -0.05) is 0 Å². The summed E-state index contributed by atoms with van der Waals surface area (Å²) >= 11 is 0. The third-order valence-corrected chi connectivity index (χ3v) is 1.23. The third-order valence-electron chi connectivity index (χ3n) is 1.23. The van der Waals surface area contributed by atoms with Crippen molar-refractivity contribution in [3.63, 3.8) is 0 Å². The molecule has 1 rings (SSSR count). The van der Waals surface area contributed by atoms with Gasteiger partial charge in [0.05, 0.1) is 0 Å². The molecule has 0 saturated heterocycles. The molecular formula is C8H7F2N. The Morgan fingerprint density at radius 2 is 2.09 bits per heavy atom. The molecule has 0 amide bonds. The molecule has 3 heteroatoms. The molecule has 0 atom stereocenters. The maximum Gasteiger partial charge on any atom is 0.134 e. The first-order valence-electron chi connectivity index (χ1n) is 3.11. The zero-order chi connectivity index (χ0) is 8.27. The van der Waals surface area contributed by atoms with Gasteiger partial charge in [0.2, 0.25) is 0 Å². The second-order valence-corrected chi connectivity index (χ2v) is 2.05. The van der Waals surface area contributed by atoms with Crippen molar-refractivity contribution in [2.75, 3.05) is 7.05 Å². The molecule has 0 radical (unpaired) electrons. The second kappa shape index (κ2) is 3.23. The highest BCUT2D eigenvalue weighted by atomic mass is 19.1. The topological polar surface area (TPSA) is 12.4 Å². The minimum Gasteiger partial charge on any atom is -0.296 e. The van der Waals surface area contributed by atoms with Crippen LogP contribution < -0.4 is 0 Å². The summed E-state index contributed by atoms with van der Waals surface area (Å²) in [7, 11) is 1.53. The zero-order valence-corrected chi connectivity index (χ0v) is 6.01. The van der Waals surface area contributed by atoms with Crippen LogP contribution in [0.15, 0.2) is 23.2 Å². The minimum atomic E-state index is -0.587. The molecule has 1 nitrogen and oxygen atoms in total. The average molecular weight is 155 g/mol. The molecule has 0 aliphatic heterocycles. The van der Waals surface area contributed by atoms with Crippen LogP contribution in [0.4, 0.5) is 8.78 Å². The van der Waals surface area contributed by atoms with E-state index in [4.69, 9.17) is 0 Å². The largest absolute Gasteiger partial charge is 0.296 e. The first-order chi connectivity index (χ1) is 5.24. The molecule has 0 spiro atoms. The summed E-state index contributed by atoms with van der Waals surface area (Å²) in [5, 5.41) is 0. The van der Waals surface area contributed by atoms with Crippen LogP contribution in [0.25, 0.3) is 0 Å². The lowest BCUT2D eigenvalue weighted by molar-refractivity contribution is 0.582. The number of rotatable bonds is 1. The van der Waals surface area contributed by atoms with E-state index in [2.05, 4.69) is 4.99 Å². The third kappa shape index (κ3) is 1.83. The van der Waals surface area contributed by atoms with Gasteiger partial charge in [-0.15, -0.1) is 0 Å². The van der Waals surface area contributed by atoms with E-state index in [0.717, 1.165) is 6.07 Å². The summed E-state index contributed by atoms with van der Waals surface area (Å²) in [6.45, 7) is 0. The number of halogens is 2. The number of benzene rings is 1. The Morgan fingerprint density at radius 1 is 1.36 bits per heavy atom. The van der Waals surface area contributed by atoms with Gasteiger partial charge in [0.25, 0.3) is 0 Å². The zero-order valence-electron chi connectivity index (χ0n) is 6.01. The van der Waals surface area contributed by atoms with E-state index in [0.29, 0.717) is 5.56 Å². The lowest BCUT2D eigenvalue weighted by atomic mass is 10.2. The molecule has 1 aromatic carbocycles. The van der Waals surface area contributed by atoms with Crippen molar-refractivity contribution in [3.05, 3.63) is 35.4 Å². The summed E-state index contributed by atoms with van der Waals surface area (Å²) in [6.07, 6.45) is 1.34. The van der Waals surface area contributed by atoms with Crippen LogP contribution in [-0.2, 0) is 0 Å². The molecule has 0 aliphatic carbocycles. The number of hydrogen-bond donors (Lipinski definition) is 0. The van der Waals surface area contributed by atoms with Crippen LogP contribution in [-0.4, -0.2) is 13.3 Å². The first-order valence-corrected chi connectivity index (χ1v) is 3.11. The quantitative estimate of drug-likeness (QED) is 0.550. The molecule has 0 bridgehead atoms. The van der Waals surface area contributed by atoms with E-state index in [1.807, 2.05) is 0 Å². The minimum absolute atomic E-state index is 0.300. The highest BCUT2D eigenvalue weighted by Crippen LogP contribution is 2.06. The molecule has 0 fully saturated rings. The Hall–Kier alpha value is -1.25. The van der Waals surface area contributed by atoms with Crippen molar-refractivity contribution in [3.8, 4) is 0 Å². The fraction of sp³-hybridized carbons (Fsp3) is 0.125. The van der Waals surface area contributed by atoms with Gasteiger partial charge in [-0.05, 0) is 12.1 Å². The van der Waals surface area contributed by atoms with Gasteiger partial charge in [-0.2, -0.15) is 0 Å². The maximum absolute atomic E-state index is 12.7. The number of aliphatic imine (C=N–C) groups is 1. The van der Waals surface area contributed by atoms with Crippen LogP contribution >= 0.6 is 0 Å². The van der Waals surface area contributed by atoms with E-state index in [9.17, 15) is 8.78 Å². The van der Waals surface area contributed by atoms with Crippen molar-refractivity contribution in [1.29, 1.82) is 0 Å². The van der Waals surface area contributed by atoms with Gasteiger partial charge in [0.1, 0.15) is 11.6 Å². The van der Waals surface area contributed by atoms with Crippen LogP contribution in [0, 0.1) is 11.6 Å². The second-order valence-electron chi connectivity index (χ2n) is 2.05. The summed E-state index contributed by atoms with van der Waals surface area (Å²) in [5.74, 6) is -1.16. The van der Waals surface area contributed by atoms with Crippen LogP contribution in [0.2, 0.25) is 0 Å². The monoisotopic (exact) mass is 155 g/mol. The Labute approximate surface area is 63.4 Å².